The predicted molar refractivity (Wildman–Crippen MR) is 63.7 cm³/mol. The molecule has 90 valence electrons. The van der Waals surface area contributed by atoms with Crippen LogP contribution < -0.4 is 0 Å². The van der Waals surface area contributed by atoms with Gasteiger partial charge >= 0.3 is 29.6 Å². The van der Waals surface area contributed by atoms with Gasteiger partial charge in [0.2, 0.25) is 0 Å². The third-order valence-corrected chi connectivity index (χ3v) is 1.55. The number of rotatable bonds is 8. The standard InChI is InChI=1S/C11H20O4.Na.H/c1-8(2)14-11(15-9(3)4)7-10(13)5-6-12;;/h6,8-9,11H,5,7H2,1-4H3;;. The molecule has 0 aliphatic rings. The molecule has 4 nitrogen and oxygen atoms in total. The van der Waals surface area contributed by atoms with E-state index in [0.29, 0.717) is 6.29 Å². The van der Waals surface area contributed by atoms with E-state index < -0.39 is 6.29 Å². The molecule has 0 aromatic heterocycles. The number of Topliss-reactive ketones (excluding diaryl/α,β-unsaturated/α-hetero) is 1. The van der Waals surface area contributed by atoms with E-state index in [2.05, 4.69) is 0 Å². The summed E-state index contributed by atoms with van der Waals surface area (Å²) in [6, 6.07) is 0. The van der Waals surface area contributed by atoms with Gasteiger partial charge in [0, 0.05) is 0 Å². The van der Waals surface area contributed by atoms with Crippen molar-refractivity contribution in [2.75, 3.05) is 0 Å². The summed E-state index contributed by atoms with van der Waals surface area (Å²) in [7, 11) is 0. The molecule has 0 spiro atoms. The Labute approximate surface area is 119 Å². The van der Waals surface area contributed by atoms with Gasteiger partial charge in [0.25, 0.3) is 0 Å². The summed E-state index contributed by atoms with van der Waals surface area (Å²) in [6.07, 6.45) is 0.117. The van der Waals surface area contributed by atoms with Crippen molar-refractivity contribution in [3.05, 3.63) is 0 Å². The van der Waals surface area contributed by atoms with Crippen LogP contribution >= 0.6 is 0 Å². The van der Waals surface area contributed by atoms with E-state index in [1.807, 2.05) is 27.7 Å². The topological polar surface area (TPSA) is 52.6 Å². The first kappa shape index (κ1) is 18.6. The third-order valence-electron chi connectivity index (χ3n) is 1.55. The van der Waals surface area contributed by atoms with Crippen molar-refractivity contribution in [3.8, 4) is 0 Å². The van der Waals surface area contributed by atoms with E-state index in [1.54, 1.807) is 0 Å². The molecular formula is C11H21NaO4. The summed E-state index contributed by atoms with van der Waals surface area (Å²) >= 11 is 0. The van der Waals surface area contributed by atoms with Crippen molar-refractivity contribution in [3.63, 3.8) is 0 Å². The Hall–Kier alpha value is 0.260. The maximum atomic E-state index is 11.2. The minimum absolute atomic E-state index is 0. The zero-order valence-corrected chi connectivity index (χ0v) is 9.86. The van der Waals surface area contributed by atoms with Crippen LogP contribution in [0.15, 0.2) is 0 Å². The fourth-order valence-corrected chi connectivity index (χ4v) is 1.10. The number of aldehydes is 1. The van der Waals surface area contributed by atoms with Crippen molar-refractivity contribution in [2.24, 2.45) is 0 Å². The first-order valence-electron chi connectivity index (χ1n) is 5.22. The second-order valence-electron chi connectivity index (χ2n) is 3.91. The second-order valence-corrected chi connectivity index (χ2v) is 3.91. The second kappa shape index (κ2) is 10.4. The third kappa shape index (κ3) is 10.8. The molecule has 0 radical (unpaired) electrons. The van der Waals surface area contributed by atoms with Crippen molar-refractivity contribution in [1.82, 2.24) is 0 Å². The van der Waals surface area contributed by atoms with Gasteiger partial charge in [-0.05, 0) is 27.7 Å². The Balaban J connectivity index is 0. The van der Waals surface area contributed by atoms with Crippen LogP contribution in [0.1, 0.15) is 40.5 Å². The average molecular weight is 240 g/mol. The molecule has 0 saturated heterocycles. The molecule has 0 aliphatic carbocycles. The Morgan fingerprint density at radius 2 is 1.56 bits per heavy atom. The molecular weight excluding hydrogens is 219 g/mol. The first-order valence-corrected chi connectivity index (χ1v) is 5.22. The van der Waals surface area contributed by atoms with Crippen molar-refractivity contribution < 1.29 is 19.1 Å². The summed E-state index contributed by atoms with van der Waals surface area (Å²) in [5, 5.41) is 0. The molecule has 0 fully saturated rings. The quantitative estimate of drug-likeness (QED) is 0.275. The van der Waals surface area contributed by atoms with E-state index >= 15 is 0 Å². The van der Waals surface area contributed by atoms with Gasteiger partial charge in [0.15, 0.2) is 6.29 Å². The van der Waals surface area contributed by atoms with Gasteiger partial charge in [-0.25, -0.2) is 0 Å². The van der Waals surface area contributed by atoms with Gasteiger partial charge < -0.3 is 14.3 Å². The molecule has 0 atom stereocenters. The molecule has 0 bridgehead atoms. The van der Waals surface area contributed by atoms with Gasteiger partial charge in [0.05, 0.1) is 25.0 Å². The van der Waals surface area contributed by atoms with Crippen molar-refractivity contribution in [1.29, 1.82) is 0 Å². The Morgan fingerprint density at radius 1 is 1.12 bits per heavy atom. The van der Waals surface area contributed by atoms with E-state index in [4.69, 9.17) is 9.47 Å². The zero-order valence-electron chi connectivity index (χ0n) is 9.86. The van der Waals surface area contributed by atoms with Gasteiger partial charge in [-0.15, -0.1) is 0 Å². The summed E-state index contributed by atoms with van der Waals surface area (Å²) in [6.45, 7) is 7.50. The molecule has 0 unspecified atom stereocenters. The summed E-state index contributed by atoms with van der Waals surface area (Å²) in [5.74, 6) is -0.156. The number of ether oxygens (including phenoxy) is 2. The fraction of sp³-hybridized carbons (Fsp3) is 0.818. The fourth-order valence-electron chi connectivity index (χ4n) is 1.10. The van der Waals surface area contributed by atoms with Crippen LogP contribution in [0, 0.1) is 0 Å². The van der Waals surface area contributed by atoms with Crippen molar-refractivity contribution >= 4 is 41.6 Å². The molecule has 0 N–H and O–H groups in total. The molecule has 0 aromatic carbocycles. The summed E-state index contributed by atoms with van der Waals surface area (Å²) in [5.41, 5.74) is 0. The van der Waals surface area contributed by atoms with Crippen LogP contribution in [0.3, 0.4) is 0 Å². The monoisotopic (exact) mass is 240 g/mol. The summed E-state index contributed by atoms with van der Waals surface area (Å²) < 4.78 is 10.8. The van der Waals surface area contributed by atoms with Crippen LogP contribution in [0.5, 0.6) is 0 Å². The maximum absolute atomic E-state index is 11.2. The number of carbonyl (C=O) groups is 2. The minimum atomic E-state index is -0.544. The Kier molecular flexibility index (Phi) is 12.1. The van der Waals surface area contributed by atoms with Gasteiger partial charge in [-0.3, -0.25) is 4.79 Å². The van der Waals surface area contributed by atoms with Crippen LogP contribution in [0.4, 0.5) is 0 Å². The summed E-state index contributed by atoms with van der Waals surface area (Å²) in [4.78, 5) is 21.4. The van der Waals surface area contributed by atoms with Gasteiger partial charge in [0.1, 0.15) is 12.1 Å². The zero-order chi connectivity index (χ0) is 11.8. The molecule has 0 rings (SSSR count). The van der Waals surface area contributed by atoms with E-state index in [0.717, 1.165) is 0 Å². The van der Waals surface area contributed by atoms with E-state index in [9.17, 15) is 9.59 Å². The van der Waals surface area contributed by atoms with Gasteiger partial charge in [-0.1, -0.05) is 0 Å². The van der Waals surface area contributed by atoms with Crippen molar-refractivity contribution in [2.45, 2.75) is 59.0 Å². The molecule has 5 heteroatoms. The van der Waals surface area contributed by atoms with Crippen LogP contribution in [-0.2, 0) is 19.1 Å². The average Bonchev–Trinajstić information content (AvgIpc) is 2.00. The first-order chi connectivity index (χ1) is 6.95. The molecule has 16 heavy (non-hydrogen) atoms. The Bertz CT molecular complexity index is 194. The number of carbonyl (C=O) groups excluding carboxylic acids is 2. The molecule has 0 heterocycles. The van der Waals surface area contributed by atoms with Gasteiger partial charge in [-0.2, -0.15) is 0 Å². The van der Waals surface area contributed by atoms with Crippen LogP contribution in [0.2, 0.25) is 0 Å². The molecule has 0 aromatic rings. The van der Waals surface area contributed by atoms with E-state index in [-0.39, 0.29) is 60.4 Å². The van der Waals surface area contributed by atoms with Crippen LogP contribution in [-0.4, -0.2) is 60.1 Å². The number of hydrogen-bond acceptors (Lipinski definition) is 4. The SMILES string of the molecule is CC(C)OC(CC(=O)CC=O)OC(C)C.[NaH]. The van der Waals surface area contributed by atoms with E-state index in [1.165, 1.54) is 0 Å². The number of hydrogen-bond donors (Lipinski definition) is 0. The molecule has 0 amide bonds. The molecule has 0 aliphatic heterocycles. The van der Waals surface area contributed by atoms with Crippen LogP contribution in [0.25, 0.3) is 0 Å². The normalized spacial score (nSPS) is 10.7. The number of ketones is 1. The molecule has 0 saturated carbocycles. The predicted octanol–water partition coefficient (Wildman–Crippen LogP) is 1.06. The Morgan fingerprint density at radius 3 is 1.88 bits per heavy atom.